The van der Waals surface area contributed by atoms with Gasteiger partial charge in [0.15, 0.2) is 0 Å². The summed E-state index contributed by atoms with van der Waals surface area (Å²) in [6.07, 6.45) is 10.5. The highest BCUT2D eigenvalue weighted by Gasteiger charge is 2.30. The molecule has 28 heavy (non-hydrogen) atoms. The van der Waals surface area contributed by atoms with Crippen LogP contribution in [0, 0.1) is 12.8 Å². The summed E-state index contributed by atoms with van der Waals surface area (Å²) in [4.78, 5) is 7.59. The van der Waals surface area contributed by atoms with E-state index in [1.807, 2.05) is 6.92 Å². The maximum Gasteiger partial charge on any atom is 0.301 e. The molecule has 2 rings (SSSR count). The molecule has 2 unspecified atom stereocenters. The number of anilines is 1. The third-order valence-electron chi connectivity index (χ3n) is 5.47. The van der Waals surface area contributed by atoms with Crippen molar-refractivity contribution < 1.29 is 9.30 Å². The molecule has 1 aromatic rings. The van der Waals surface area contributed by atoms with Gasteiger partial charge in [0.25, 0.3) is 0 Å². The monoisotopic (exact) mass is 387 g/mol. The Morgan fingerprint density at radius 3 is 2.86 bits per heavy atom. The van der Waals surface area contributed by atoms with Crippen molar-refractivity contribution in [1.29, 1.82) is 0 Å². The molecule has 5 heteroatoms. The SMILES string of the molecule is C/C=C\C=C/C(C)Cc1nc(N2CCOCC2C)c(C)c(CCNCC)[n+]1C. The van der Waals surface area contributed by atoms with E-state index in [0.717, 1.165) is 57.3 Å². The molecule has 2 heterocycles. The summed E-state index contributed by atoms with van der Waals surface area (Å²) in [5.74, 6) is 2.73. The van der Waals surface area contributed by atoms with Gasteiger partial charge < -0.3 is 15.0 Å². The lowest BCUT2D eigenvalue weighted by Crippen LogP contribution is -2.48. The van der Waals surface area contributed by atoms with Gasteiger partial charge in [-0.05, 0) is 38.2 Å². The zero-order chi connectivity index (χ0) is 20.5. The predicted octanol–water partition coefficient (Wildman–Crippen LogP) is 2.90. The van der Waals surface area contributed by atoms with Crippen molar-refractivity contribution in [3.05, 3.63) is 41.4 Å². The van der Waals surface area contributed by atoms with Crippen molar-refractivity contribution in [3.63, 3.8) is 0 Å². The lowest BCUT2D eigenvalue weighted by Gasteiger charge is -2.33. The lowest BCUT2D eigenvalue weighted by atomic mass is 10.0. The smallest absolute Gasteiger partial charge is 0.301 e. The van der Waals surface area contributed by atoms with Crippen molar-refractivity contribution in [3.8, 4) is 0 Å². The Labute approximate surface area is 171 Å². The second-order valence-corrected chi connectivity index (χ2v) is 7.80. The largest absolute Gasteiger partial charge is 0.377 e. The summed E-state index contributed by atoms with van der Waals surface area (Å²) in [7, 11) is 2.17. The normalized spacial score (nSPS) is 19.1. The third kappa shape index (κ3) is 5.89. The second kappa shape index (κ2) is 11.3. The number of nitrogens with one attached hydrogen (secondary N) is 1. The van der Waals surface area contributed by atoms with Gasteiger partial charge >= 0.3 is 5.82 Å². The minimum Gasteiger partial charge on any atom is -0.377 e. The topological polar surface area (TPSA) is 41.3 Å². The molecule has 0 bridgehead atoms. The van der Waals surface area contributed by atoms with E-state index in [1.54, 1.807) is 0 Å². The average Bonchev–Trinajstić information content (AvgIpc) is 2.67. The number of hydrogen-bond donors (Lipinski definition) is 1. The molecule has 1 aromatic heterocycles. The lowest BCUT2D eigenvalue weighted by molar-refractivity contribution is -0.690. The number of aromatic nitrogens is 2. The van der Waals surface area contributed by atoms with Crippen LogP contribution < -0.4 is 14.8 Å². The Hall–Kier alpha value is -1.72. The van der Waals surface area contributed by atoms with Crippen molar-refractivity contribution in [2.75, 3.05) is 37.7 Å². The minimum absolute atomic E-state index is 0.356. The van der Waals surface area contributed by atoms with Crippen molar-refractivity contribution in [2.24, 2.45) is 13.0 Å². The fraction of sp³-hybridized carbons (Fsp3) is 0.652. The molecule has 2 atom stereocenters. The first kappa shape index (κ1) is 22.6. The summed E-state index contributed by atoms with van der Waals surface area (Å²) in [6.45, 7) is 15.4. The maximum absolute atomic E-state index is 5.66. The summed E-state index contributed by atoms with van der Waals surface area (Å²) < 4.78 is 7.98. The Balaban J connectivity index is 2.38. The highest BCUT2D eigenvalue weighted by molar-refractivity contribution is 5.48. The number of morpholine rings is 1. The second-order valence-electron chi connectivity index (χ2n) is 7.80. The first-order valence-electron chi connectivity index (χ1n) is 10.7. The van der Waals surface area contributed by atoms with Crippen molar-refractivity contribution in [1.82, 2.24) is 10.3 Å². The molecular weight excluding hydrogens is 348 g/mol. The van der Waals surface area contributed by atoms with E-state index in [9.17, 15) is 0 Å². The van der Waals surface area contributed by atoms with Crippen LogP contribution in [0.5, 0.6) is 0 Å². The van der Waals surface area contributed by atoms with Crippen molar-refractivity contribution in [2.45, 2.75) is 53.5 Å². The summed E-state index contributed by atoms with van der Waals surface area (Å²) in [6, 6.07) is 0.356. The van der Waals surface area contributed by atoms with Crippen LogP contribution in [0.1, 0.15) is 44.8 Å². The molecule has 0 radical (unpaired) electrons. The number of nitrogens with zero attached hydrogens (tertiary/aromatic N) is 3. The Morgan fingerprint density at radius 2 is 2.18 bits per heavy atom. The number of allylic oxidation sites excluding steroid dienone is 4. The zero-order valence-electron chi connectivity index (χ0n) is 18.7. The van der Waals surface area contributed by atoms with E-state index in [-0.39, 0.29) is 0 Å². The van der Waals surface area contributed by atoms with Gasteiger partial charge in [-0.2, -0.15) is 0 Å². The number of rotatable bonds is 9. The fourth-order valence-corrected chi connectivity index (χ4v) is 3.78. The number of ether oxygens (including phenoxy) is 1. The Morgan fingerprint density at radius 1 is 1.39 bits per heavy atom. The molecule has 5 nitrogen and oxygen atoms in total. The van der Waals surface area contributed by atoms with Gasteiger partial charge in [-0.25, -0.2) is 4.57 Å². The Bertz CT molecular complexity index is 684. The van der Waals surface area contributed by atoms with Crippen LogP contribution in [-0.2, 0) is 24.6 Å². The predicted molar refractivity (Wildman–Crippen MR) is 117 cm³/mol. The van der Waals surface area contributed by atoms with Crippen LogP contribution in [0.15, 0.2) is 24.3 Å². The summed E-state index contributed by atoms with van der Waals surface area (Å²) >= 11 is 0. The fourth-order valence-electron chi connectivity index (χ4n) is 3.78. The number of hydrogen-bond acceptors (Lipinski definition) is 4. The Kier molecular flexibility index (Phi) is 9.13. The van der Waals surface area contributed by atoms with Gasteiger partial charge in [-0.1, -0.05) is 38.2 Å². The van der Waals surface area contributed by atoms with Gasteiger partial charge in [-0.3, -0.25) is 0 Å². The summed E-state index contributed by atoms with van der Waals surface area (Å²) in [5.41, 5.74) is 2.68. The molecule has 1 saturated heterocycles. The molecule has 1 fully saturated rings. The molecule has 1 aliphatic heterocycles. The van der Waals surface area contributed by atoms with Crippen LogP contribution in [0.3, 0.4) is 0 Å². The zero-order valence-corrected chi connectivity index (χ0v) is 18.7. The molecule has 0 spiro atoms. The summed E-state index contributed by atoms with van der Waals surface area (Å²) in [5, 5.41) is 3.47. The van der Waals surface area contributed by atoms with Gasteiger partial charge in [0.1, 0.15) is 5.69 Å². The first-order valence-corrected chi connectivity index (χ1v) is 10.7. The first-order chi connectivity index (χ1) is 13.5. The highest BCUT2D eigenvalue weighted by Crippen LogP contribution is 2.24. The van der Waals surface area contributed by atoms with E-state index in [2.05, 4.69) is 73.8 Å². The molecular formula is C23H39N4O+. The molecule has 0 aliphatic carbocycles. The van der Waals surface area contributed by atoms with E-state index >= 15 is 0 Å². The van der Waals surface area contributed by atoms with Crippen LogP contribution in [0.4, 0.5) is 5.82 Å². The van der Waals surface area contributed by atoms with Crippen LogP contribution in [0.2, 0.25) is 0 Å². The van der Waals surface area contributed by atoms with E-state index < -0.39 is 0 Å². The molecule has 156 valence electrons. The average molecular weight is 388 g/mol. The van der Waals surface area contributed by atoms with Crippen molar-refractivity contribution >= 4 is 5.82 Å². The van der Waals surface area contributed by atoms with E-state index in [1.165, 1.54) is 11.3 Å². The van der Waals surface area contributed by atoms with E-state index in [4.69, 9.17) is 9.72 Å². The van der Waals surface area contributed by atoms with Crippen LogP contribution in [0.25, 0.3) is 0 Å². The van der Waals surface area contributed by atoms with Crippen LogP contribution >= 0.6 is 0 Å². The molecule has 0 aromatic carbocycles. The van der Waals surface area contributed by atoms with Crippen LogP contribution in [-0.4, -0.2) is 43.9 Å². The van der Waals surface area contributed by atoms with Gasteiger partial charge in [0.05, 0.1) is 38.3 Å². The van der Waals surface area contributed by atoms with E-state index in [0.29, 0.717) is 12.0 Å². The molecule has 0 saturated carbocycles. The maximum atomic E-state index is 5.66. The number of likely N-dealkylation sites (N-methyl/N-ethyl adjacent to an activating group) is 1. The van der Waals surface area contributed by atoms with Gasteiger partial charge in [-0.15, -0.1) is 0 Å². The minimum atomic E-state index is 0.356. The highest BCUT2D eigenvalue weighted by atomic mass is 16.5. The molecule has 0 amide bonds. The van der Waals surface area contributed by atoms with Gasteiger partial charge in [0, 0.05) is 19.5 Å². The quantitative estimate of drug-likeness (QED) is 0.402. The third-order valence-corrected chi connectivity index (χ3v) is 5.47. The van der Waals surface area contributed by atoms with Gasteiger partial charge in [0.2, 0.25) is 5.82 Å². The standard InChI is InChI=1S/C23H39N4O/c1-7-9-10-11-18(3)16-22-25-23(27-14-15-28-17-19(27)4)20(5)21(26(22)6)12-13-24-8-2/h7,9-11,18-19,24H,8,12-17H2,1-6H3/q+1/b9-7-,11-10-. The molecule has 1 N–H and O–H groups in total. The molecule has 1 aliphatic rings.